The molecule has 1 aliphatic carbocycles. The molecule has 1 saturated carbocycles. The van der Waals surface area contributed by atoms with Crippen molar-refractivity contribution in [1.82, 2.24) is 15.0 Å². The first-order valence-corrected chi connectivity index (χ1v) is 9.35. The Balaban J connectivity index is 1.78. The van der Waals surface area contributed by atoms with E-state index in [4.69, 9.17) is 10.6 Å². The SMILES string of the molecule is COc1cc(C=O)c(CN(C)N)cc1Nc1cc(C2CC2)c2c(C#N)c[nH]c2n1. The predicted molar refractivity (Wildman–Crippen MR) is 110 cm³/mol. The molecule has 0 radical (unpaired) electrons. The Morgan fingerprint density at radius 2 is 2.24 bits per heavy atom. The molecule has 8 heteroatoms. The highest BCUT2D eigenvalue weighted by Crippen LogP contribution is 2.45. The number of nitrogens with one attached hydrogen (secondary N) is 2. The number of nitrogens with zero attached hydrogens (tertiary/aromatic N) is 3. The number of benzene rings is 1. The number of hydrogen-bond acceptors (Lipinski definition) is 7. The van der Waals surface area contributed by atoms with Gasteiger partial charge in [0.2, 0.25) is 0 Å². The Hall–Kier alpha value is -3.41. The number of rotatable bonds is 7. The number of anilines is 2. The maximum absolute atomic E-state index is 11.5. The van der Waals surface area contributed by atoms with Crippen LogP contribution in [0.2, 0.25) is 0 Å². The molecule has 2 heterocycles. The first-order valence-electron chi connectivity index (χ1n) is 9.35. The zero-order valence-electron chi connectivity index (χ0n) is 16.3. The molecule has 1 aliphatic rings. The van der Waals surface area contributed by atoms with Gasteiger partial charge in [-0.05, 0) is 48.1 Å². The highest BCUT2D eigenvalue weighted by molar-refractivity contribution is 5.89. The van der Waals surface area contributed by atoms with E-state index >= 15 is 0 Å². The second kappa shape index (κ2) is 7.54. The number of methoxy groups -OCH3 is 1. The van der Waals surface area contributed by atoms with Crippen molar-refractivity contribution in [2.24, 2.45) is 5.84 Å². The Kier molecular flexibility index (Phi) is 4.92. The lowest BCUT2D eigenvalue weighted by Gasteiger charge is -2.17. The number of ether oxygens (including phenoxy) is 1. The van der Waals surface area contributed by atoms with Crippen LogP contribution in [0.5, 0.6) is 5.75 Å². The van der Waals surface area contributed by atoms with Gasteiger partial charge in [-0.3, -0.25) is 10.6 Å². The van der Waals surface area contributed by atoms with Gasteiger partial charge in [0.05, 0.1) is 18.4 Å². The van der Waals surface area contributed by atoms with E-state index in [1.807, 2.05) is 12.1 Å². The second-order valence-corrected chi connectivity index (χ2v) is 7.32. The number of hydrazine groups is 1. The van der Waals surface area contributed by atoms with E-state index in [1.165, 1.54) is 5.01 Å². The van der Waals surface area contributed by atoms with Gasteiger partial charge in [-0.15, -0.1) is 0 Å². The Labute approximate surface area is 168 Å². The largest absolute Gasteiger partial charge is 0.495 e. The number of fused-ring (bicyclic) bond motifs is 1. The lowest BCUT2D eigenvalue weighted by atomic mass is 10.0. The molecule has 0 spiro atoms. The van der Waals surface area contributed by atoms with Gasteiger partial charge in [0.1, 0.15) is 23.3 Å². The summed E-state index contributed by atoms with van der Waals surface area (Å²) in [6, 6.07) is 7.78. The second-order valence-electron chi connectivity index (χ2n) is 7.32. The highest BCUT2D eigenvalue weighted by Gasteiger charge is 2.28. The molecular formula is C21H22N6O2. The van der Waals surface area contributed by atoms with Crippen molar-refractivity contribution >= 4 is 28.8 Å². The van der Waals surface area contributed by atoms with Crippen LogP contribution >= 0.6 is 0 Å². The zero-order chi connectivity index (χ0) is 20.5. The van der Waals surface area contributed by atoms with Crippen molar-refractivity contribution in [3.8, 4) is 11.8 Å². The van der Waals surface area contributed by atoms with Gasteiger partial charge < -0.3 is 15.0 Å². The minimum Gasteiger partial charge on any atom is -0.495 e. The first-order chi connectivity index (χ1) is 14.0. The van der Waals surface area contributed by atoms with Crippen LogP contribution in [0.25, 0.3) is 11.0 Å². The maximum atomic E-state index is 11.5. The Bertz CT molecular complexity index is 1120. The number of carbonyl (C=O) groups is 1. The van der Waals surface area contributed by atoms with E-state index in [9.17, 15) is 10.1 Å². The van der Waals surface area contributed by atoms with Crippen molar-refractivity contribution in [3.05, 3.63) is 46.6 Å². The summed E-state index contributed by atoms with van der Waals surface area (Å²) in [7, 11) is 3.29. The van der Waals surface area contributed by atoms with Gasteiger partial charge in [0.25, 0.3) is 0 Å². The molecule has 1 aromatic carbocycles. The number of H-pyrrole nitrogens is 1. The molecule has 1 fully saturated rings. The van der Waals surface area contributed by atoms with E-state index in [0.29, 0.717) is 46.5 Å². The van der Waals surface area contributed by atoms with Crippen molar-refractivity contribution in [2.75, 3.05) is 19.5 Å². The van der Waals surface area contributed by atoms with E-state index < -0.39 is 0 Å². The molecule has 2 aromatic heterocycles. The molecule has 4 rings (SSSR count). The summed E-state index contributed by atoms with van der Waals surface area (Å²) in [5.74, 6) is 7.42. The fourth-order valence-corrected chi connectivity index (χ4v) is 3.59. The number of aromatic nitrogens is 2. The number of carbonyl (C=O) groups excluding carboxylic acids is 1. The summed E-state index contributed by atoms with van der Waals surface area (Å²) in [5.41, 5.74) is 4.41. The lowest BCUT2D eigenvalue weighted by Crippen LogP contribution is -2.25. The van der Waals surface area contributed by atoms with E-state index in [1.54, 1.807) is 26.4 Å². The normalized spacial score (nSPS) is 13.5. The quantitative estimate of drug-likeness (QED) is 0.322. The number of nitriles is 1. The molecular weight excluding hydrogens is 368 g/mol. The number of pyridine rings is 1. The molecule has 148 valence electrons. The molecule has 0 amide bonds. The Morgan fingerprint density at radius 3 is 2.86 bits per heavy atom. The molecule has 0 atom stereocenters. The third-order valence-corrected chi connectivity index (χ3v) is 5.08. The van der Waals surface area contributed by atoms with Crippen LogP contribution in [-0.2, 0) is 6.54 Å². The summed E-state index contributed by atoms with van der Waals surface area (Å²) < 4.78 is 5.47. The van der Waals surface area contributed by atoms with Crippen LogP contribution in [0.1, 0.15) is 45.8 Å². The van der Waals surface area contributed by atoms with Crippen LogP contribution in [0.4, 0.5) is 11.5 Å². The van der Waals surface area contributed by atoms with Crippen LogP contribution in [-0.4, -0.2) is 35.4 Å². The van der Waals surface area contributed by atoms with Crippen molar-refractivity contribution in [2.45, 2.75) is 25.3 Å². The van der Waals surface area contributed by atoms with E-state index in [-0.39, 0.29) is 0 Å². The van der Waals surface area contributed by atoms with Crippen LogP contribution in [0, 0.1) is 11.3 Å². The van der Waals surface area contributed by atoms with Crippen LogP contribution in [0.15, 0.2) is 24.4 Å². The fourth-order valence-electron chi connectivity index (χ4n) is 3.59. The third-order valence-electron chi connectivity index (χ3n) is 5.08. The molecule has 8 nitrogen and oxygen atoms in total. The smallest absolute Gasteiger partial charge is 0.150 e. The fraction of sp³-hybridized carbons (Fsp3) is 0.286. The minimum absolute atomic E-state index is 0.411. The topological polar surface area (TPSA) is 120 Å². The highest BCUT2D eigenvalue weighted by atomic mass is 16.5. The molecule has 3 aromatic rings. The van der Waals surface area contributed by atoms with Crippen molar-refractivity contribution < 1.29 is 9.53 Å². The molecule has 4 N–H and O–H groups in total. The number of nitrogens with two attached hydrogens (primary N) is 1. The van der Waals surface area contributed by atoms with Gasteiger partial charge in [0, 0.05) is 30.7 Å². The average Bonchev–Trinajstić information content (AvgIpc) is 3.47. The summed E-state index contributed by atoms with van der Waals surface area (Å²) in [6.07, 6.45) is 4.71. The molecule has 0 aliphatic heterocycles. The van der Waals surface area contributed by atoms with Crippen LogP contribution < -0.4 is 15.9 Å². The van der Waals surface area contributed by atoms with Crippen molar-refractivity contribution in [3.63, 3.8) is 0 Å². The van der Waals surface area contributed by atoms with Crippen LogP contribution in [0.3, 0.4) is 0 Å². The molecule has 0 bridgehead atoms. The van der Waals surface area contributed by atoms with Gasteiger partial charge in [-0.25, -0.2) is 9.99 Å². The van der Waals surface area contributed by atoms with E-state index in [0.717, 1.165) is 35.6 Å². The molecule has 0 saturated heterocycles. The number of aromatic amines is 1. The van der Waals surface area contributed by atoms with Gasteiger partial charge in [0.15, 0.2) is 6.29 Å². The minimum atomic E-state index is 0.411. The number of hydrogen-bond donors (Lipinski definition) is 3. The Morgan fingerprint density at radius 1 is 1.45 bits per heavy atom. The van der Waals surface area contributed by atoms with Gasteiger partial charge in [-0.2, -0.15) is 5.26 Å². The third kappa shape index (κ3) is 3.66. The van der Waals surface area contributed by atoms with Crippen molar-refractivity contribution in [1.29, 1.82) is 5.26 Å². The lowest BCUT2D eigenvalue weighted by molar-refractivity contribution is 0.112. The predicted octanol–water partition coefficient (Wildman–Crippen LogP) is 3.18. The van der Waals surface area contributed by atoms with Gasteiger partial charge >= 0.3 is 0 Å². The molecule has 29 heavy (non-hydrogen) atoms. The summed E-state index contributed by atoms with van der Waals surface area (Å²) in [6.45, 7) is 0.411. The number of aldehydes is 1. The summed E-state index contributed by atoms with van der Waals surface area (Å²) in [5, 5.41) is 15.1. The average molecular weight is 390 g/mol. The maximum Gasteiger partial charge on any atom is 0.150 e. The molecule has 0 unspecified atom stereocenters. The zero-order valence-corrected chi connectivity index (χ0v) is 16.3. The summed E-state index contributed by atoms with van der Waals surface area (Å²) >= 11 is 0. The van der Waals surface area contributed by atoms with E-state index in [2.05, 4.69) is 21.4 Å². The van der Waals surface area contributed by atoms with Gasteiger partial charge in [-0.1, -0.05) is 0 Å². The first kappa shape index (κ1) is 18.9. The standard InChI is InChI=1S/C21H22N6O2/c1-27(23)10-13-5-17(18(29-2)6-14(13)11-28)25-19-7-16(12-3-4-12)20-15(8-22)9-24-21(20)26-19/h5-7,9,11-12H,3-4,10,23H2,1-2H3,(H2,24,25,26). The monoisotopic (exact) mass is 390 g/mol. The summed E-state index contributed by atoms with van der Waals surface area (Å²) in [4.78, 5) is 19.2.